The molecule has 0 amide bonds. The van der Waals surface area contributed by atoms with Crippen molar-refractivity contribution in [2.24, 2.45) is 4.99 Å². The van der Waals surface area contributed by atoms with Crippen molar-refractivity contribution in [1.29, 1.82) is 0 Å². The molecule has 0 aromatic heterocycles. The number of hydrogen-bond acceptors (Lipinski definition) is 2. The van der Waals surface area contributed by atoms with Crippen LogP contribution < -0.4 is 0 Å². The minimum atomic E-state index is -0.556. The SMILES string of the molecule is Oc1c(C=Nc2ccc3c(c2)Cc2ccccc2-3)cccc1-c1ccccc1.[Cl][Ti][Cl]. The summed E-state index contributed by atoms with van der Waals surface area (Å²) in [5, 5.41) is 10.7. The van der Waals surface area contributed by atoms with E-state index in [1.54, 1.807) is 6.21 Å². The van der Waals surface area contributed by atoms with E-state index in [1.165, 1.54) is 22.3 Å². The van der Waals surface area contributed by atoms with Gasteiger partial charge in [-0.3, -0.25) is 4.99 Å². The van der Waals surface area contributed by atoms with E-state index >= 15 is 0 Å². The Morgan fingerprint density at radius 1 is 0.742 bits per heavy atom. The van der Waals surface area contributed by atoms with Gasteiger partial charge in [0.15, 0.2) is 0 Å². The Morgan fingerprint density at radius 2 is 1.42 bits per heavy atom. The fraction of sp³-hybridized carbons (Fsp3) is 0.0385. The number of aliphatic imine (C=N–C) groups is 1. The number of rotatable bonds is 3. The van der Waals surface area contributed by atoms with Gasteiger partial charge in [0, 0.05) is 17.3 Å². The van der Waals surface area contributed by atoms with Gasteiger partial charge >= 0.3 is 35.6 Å². The summed E-state index contributed by atoms with van der Waals surface area (Å²) in [6.07, 6.45) is 2.69. The Balaban J connectivity index is 0.000000730. The first-order chi connectivity index (χ1) is 15.2. The molecule has 1 aliphatic carbocycles. The summed E-state index contributed by atoms with van der Waals surface area (Å²) in [5.41, 5.74) is 8.70. The van der Waals surface area contributed by atoms with Gasteiger partial charge in [0.1, 0.15) is 5.75 Å². The number of para-hydroxylation sites is 1. The van der Waals surface area contributed by atoms with Crippen LogP contribution in [0.25, 0.3) is 22.3 Å². The molecule has 2 nitrogen and oxygen atoms in total. The third kappa shape index (κ3) is 4.94. The van der Waals surface area contributed by atoms with Crippen LogP contribution in [0.4, 0.5) is 5.69 Å². The average Bonchev–Trinajstić information content (AvgIpc) is 3.17. The van der Waals surface area contributed by atoms with Crippen LogP contribution in [0.5, 0.6) is 5.75 Å². The first-order valence-electron chi connectivity index (χ1n) is 9.80. The Kier molecular flexibility index (Phi) is 7.27. The second-order valence-corrected chi connectivity index (χ2v) is 9.69. The Morgan fingerprint density at radius 3 is 2.23 bits per heavy atom. The molecule has 1 aliphatic rings. The summed E-state index contributed by atoms with van der Waals surface area (Å²) >= 11 is -0.556. The standard InChI is InChI=1S/C26H19NO.2ClH.Ti/c28-26-20(10-6-12-25(26)18-7-2-1-3-8-18)17-27-22-13-14-24-21(16-22)15-19-9-4-5-11-23(19)24;;;/h1-14,16-17,28H,15H2;2*1H;/q;;;+2/p-2. The Labute approximate surface area is 198 Å². The van der Waals surface area contributed by atoms with Gasteiger partial charge in [-0.15, -0.1) is 0 Å². The van der Waals surface area contributed by atoms with E-state index in [0.717, 1.165) is 23.2 Å². The number of phenolic OH excluding ortho intramolecular Hbond substituents is 1. The molecule has 0 aliphatic heterocycles. The van der Waals surface area contributed by atoms with Crippen molar-refractivity contribution < 1.29 is 22.1 Å². The minimum absolute atomic E-state index is 0.256. The monoisotopic (exact) mass is 479 g/mol. The molecule has 152 valence electrons. The summed E-state index contributed by atoms with van der Waals surface area (Å²) in [6.45, 7) is 0. The molecule has 4 aromatic rings. The maximum absolute atomic E-state index is 10.7. The molecule has 0 fully saturated rings. The summed E-state index contributed by atoms with van der Waals surface area (Å²) in [6, 6.07) is 30.5. The number of phenols is 1. The number of nitrogens with zero attached hydrogens (tertiary/aromatic N) is 1. The first kappa shape index (κ1) is 21.9. The van der Waals surface area contributed by atoms with Gasteiger partial charge in [-0.2, -0.15) is 0 Å². The van der Waals surface area contributed by atoms with E-state index in [1.807, 2.05) is 54.6 Å². The molecule has 0 saturated carbocycles. The molecule has 5 heteroatoms. The molecule has 4 aromatic carbocycles. The van der Waals surface area contributed by atoms with E-state index in [4.69, 9.17) is 18.6 Å². The van der Waals surface area contributed by atoms with Crippen LogP contribution in [0.15, 0.2) is 96.0 Å². The van der Waals surface area contributed by atoms with Crippen LogP contribution in [0.1, 0.15) is 16.7 Å². The van der Waals surface area contributed by atoms with E-state index in [0.29, 0.717) is 5.56 Å². The summed E-state index contributed by atoms with van der Waals surface area (Å²) in [4.78, 5) is 4.63. The zero-order valence-corrected chi connectivity index (χ0v) is 19.7. The molecule has 5 rings (SSSR count). The van der Waals surface area contributed by atoms with Gasteiger partial charge in [0.05, 0.1) is 5.69 Å². The molecular formula is C26H19Cl2NOTi. The van der Waals surface area contributed by atoms with Crippen molar-refractivity contribution in [3.63, 3.8) is 0 Å². The Hall–Kier alpha value is -2.36. The number of aromatic hydroxyl groups is 1. The maximum atomic E-state index is 10.7. The molecule has 0 unspecified atom stereocenters. The molecule has 31 heavy (non-hydrogen) atoms. The zero-order chi connectivity index (χ0) is 21.6. The van der Waals surface area contributed by atoms with Crippen molar-refractivity contribution in [1.82, 2.24) is 0 Å². The van der Waals surface area contributed by atoms with Gasteiger partial charge in [-0.1, -0.05) is 72.8 Å². The fourth-order valence-corrected chi connectivity index (χ4v) is 3.87. The third-order valence-corrected chi connectivity index (χ3v) is 5.28. The van der Waals surface area contributed by atoms with Crippen molar-refractivity contribution in [2.75, 3.05) is 0 Å². The molecular weight excluding hydrogens is 461 g/mol. The van der Waals surface area contributed by atoms with Crippen molar-refractivity contribution in [3.05, 3.63) is 108 Å². The van der Waals surface area contributed by atoms with Crippen molar-refractivity contribution >= 4 is 30.5 Å². The quantitative estimate of drug-likeness (QED) is 0.208. The van der Waals surface area contributed by atoms with Gasteiger partial charge in [-0.05, 0) is 52.4 Å². The Bertz CT molecular complexity index is 1230. The topological polar surface area (TPSA) is 32.6 Å². The number of hydrogen-bond donors (Lipinski definition) is 1. The molecule has 0 saturated heterocycles. The normalized spacial score (nSPS) is 11.4. The van der Waals surface area contributed by atoms with Gasteiger partial charge in [0.2, 0.25) is 0 Å². The number of halogens is 2. The van der Waals surface area contributed by atoms with Crippen molar-refractivity contribution in [3.8, 4) is 28.0 Å². The molecule has 0 radical (unpaired) electrons. The second-order valence-electron chi connectivity index (χ2n) is 7.11. The fourth-order valence-electron chi connectivity index (χ4n) is 3.87. The van der Waals surface area contributed by atoms with E-state index < -0.39 is 17.0 Å². The molecule has 1 N–H and O–H groups in total. The van der Waals surface area contributed by atoms with Gasteiger partial charge in [-0.25, -0.2) is 0 Å². The molecule has 0 heterocycles. The van der Waals surface area contributed by atoms with E-state index in [9.17, 15) is 5.11 Å². The van der Waals surface area contributed by atoms with Crippen LogP contribution in [-0.4, -0.2) is 11.3 Å². The van der Waals surface area contributed by atoms with E-state index in [-0.39, 0.29) is 5.75 Å². The molecule has 0 bridgehead atoms. The van der Waals surface area contributed by atoms with Crippen LogP contribution in [0.3, 0.4) is 0 Å². The second kappa shape index (κ2) is 10.3. The predicted molar refractivity (Wildman–Crippen MR) is 127 cm³/mol. The zero-order valence-electron chi connectivity index (χ0n) is 16.6. The summed E-state index contributed by atoms with van der Waals surface area (Å²) in [7, 11) is 9.78. The predicted octanol–water partition coefficient (Wildman–Crippen LogP) is 7.76. The van der Waals surface area contributed by atoms with Gasteiger partial charge < -0.3 is 5.11 Å². The third-order valence-electron chi connectivity index (χ3n) is 5.28. The van der Waals surface area contributed by atoms with Crippen LogP contribution >= 0.6 is 18.6 Å². The van der Waals surface area contributed by atoms with Crippen LogP contribution in [0, 0.1) is 0 Å². The first-order valence-corrected chi connectivity index (χ1v) is 14.1. The van der Waals surface area contributed by atoms with Gasteiger partial charge in [0.25, 0.3) is 0 Å². The van der Waals surface area contributed by atoms with Crippen molar-refractivity contribution in [2.45, 2.75) is 6.42 Å². The summed E-state index contributed by atoms with van der Waals surface area (Å²) < 4.78 is 0. The summed E-state index contributed by atoms with van der Waals surface area (Å²) in [5.74, 6) is 0.256. The van der Waals surface area contributed by atoms with Crippen LogP contribution in [-0.2, 0) is 23.5 Å². The van der Waals surface area contributed by atoms with Crippen LogP contribution in [0.2, 0.25) is 0 Å². The average molecular weight is 480 g/mol. The molecule has 0 atom stereocenters. The molecule has 0 spiro atoms. The number of fused-ring (bicyclic) bond motifs is 3. The number of benzene rings is 4. The van der Waals surface area contributed by atoms with E-state index in [2.05, 4.69) is 41.4 Å².